The summed E-state index contributed by atoms with van der Waals surface area (Å²) < 4.78 is 5.06. The van der Waals surface area contributed by atoms with E-state index in [4.69, 9.17) is 27.9 Å². The Kier molecular flexibility index (Phi) is 5.94. The molecule has 1 aromatic heterocycles. The number of aromatic nitrogens is 1. The molecule has 0 unspecified atom stereocenters. The van der Waals surface area contributed by atoms with Crippen LogP contribution in [0, 0.1) is 0 Å². The van der Waals surface area contributed by atoms with Crippen LogP contribution in [-0.2, 0) is 9.53 Å². The highest BCUT2D eigenvalue weighted by Crippen LogP contribution is 2.25. The Labute approximate surface area is 166 Å². The molecule has 5 nitrogen and oxygen atoms in total. The van der Waals surface area contributed by atoms with Crippen molar-refractivity contribution in [1.82, 2.24) is 10.3 Å². The second kappa shape index (κ2) is 8.37. The van der Waals surface area contributed by atoms with Crippen LogP contribution in [0.15, 0.2) is 54.6 Å². The number of hydrogen-bond acceptors (Lipinski definition) is 4. The van der Waals surface area contributed by atoms with E-state index in [1.165, 1.54) is 0 Å². The molecule has 2 aromatic carbocycles. The maximum atomic E-state index is 12.1. The van der Waals surface area contributed by atoms with E-state index >= 15 is 0 Å². The maximum Gasteiger partial charge on any atom is 0.357 e. The van der Waals surface area contributed by atoms with Gasteiger partial charge in [-0.15, -0.1) is 0 Å². The summed E-state index contributed by atoms with van der Waals surface area (Å²) in [5.74, 6) is -1.08. The van der Waals surface area contributed by atoms with Gasteiger partial charge in [-0.1, -0.05) is 53.5 Å². The largest absolute Gasteiger partial charge is 0.451 e. The van der Waals surface area contributed by atoms with E-state index in [0.29, 0.717) is 15.6 Å². The van der Waals surface area contributed by atoms with E-state index in [9.17, 15) is 9.59 Å². The number of rotatable bonds is 5. The number of hydrogen-bond donors (Lipinski definition) is 1. The highest BCUT2D eigenvalue weighted by atomic mass is 35.5. The Bertz CT molecular complexity index is 1010. The topological polar surface area (TPSA) is 68.3 Å². The number of halogens is 2. The van der Waals surface area contributed by atoms with Crippen LogP contribution in [0.1, 0.15) is 29.0 Å². The van der Waals surface area contributed by atoms with Crippen molar-refractivity contribution in [2.75, 3.05) is 6.61 Å². The van der Waals surface area contributed by atoms with E-state index < -0.39 is 18.5 Å². The van der Waals surface area contributed by atoms with Crippen molar-refractivity contribution in [3.8, 4) is 0 Å². The maximum absolute atomic E-state index is 12.1. The predicted molar refractivity (Wildman–Crippen MR) is 105 cm³/mol. The van der Waals surface area contributed by atoms with Crippen LogP contribution in [0.5, 0.6) is 0 Å². The third-order valence-corrected chi connectivity index (χ3v) is 4.70. The van der Waals surface area contributed by atoms with E-state index in [1.807, 2.05) is 18.2 Å². The molecule has 3 aromatic rings. The van der Waals surface area contributed by atoms with Gasteiger partial charge in [0, 0.05) is 5.39 Å². The van der Waals surface area contributed by atoms with Gasteiger partial charge in [-0.25, -0.2) is 9.78 Å². The van der Waals surface area contributed by atoms with Gasteiger partial charge in [0.2, 0.25) is 0 Å². The number of nitrogens with one attached hydrogen (secondary N) is 1. The van der Waals surface area contributed by atoms with Gasteiger partial charge in [0.25, 0.3) is 5.91 Å². The molecule has 27 heavy (non-hydrogen) atoms. The van der Waals surface area contributed by atoms with Crippen molar-refractivity contribution < 1.29 is 14.3 Å². The molecule has 1 atom stereocenters. The van der Waals surface area contributed by atoms with Gasteiger partial charge in [0.05, 0.1) is 21.6 Å². The minimum Gasteiger partial charge on any atom is -0.451 e. The Hall–Kier alpha value is -2.63. The lowest BCUT2D eigenvalue weighted by Gasteiger charge is -2.15. The van der Waals surface area contributed by atoms with Gasteiger partial charge < -0.3 is 10.1 Å². The molecule has 138 valence electrons. The summed E-state index contributed by atoms with van der Waals surface area (Å²) in [5.41, 5.74) is 1.63. The summed E-state index contributed by atoms with van der Waals surface area (Å²) in [6.45, 7) is 1.39. The van der Waals surface area contributed by atoms with E-state index in [-0.39, 0.29) is 11.7 Å². The van der Waals surface area contributed by atoms with Crippen LogP contribution >= 0.6 is 23.2 Å². The average Bonchev–Trinajstić information content (AvgIpc) is 2.67. The standard InChI is InChI=1S/C20H16Cl2N2O3/c1-12(14-6-8-15(21)16(22)10-14)23-19(25)11-27-20(26)18-9-7-13-4-2-3-5-17(13)24-18/h2-10,12H,11H2,1H3,(H,23,25)/t12-/m0/s1. The average molecular weight is 403 g/mol. The fourth-order valence-corrected chi connectivity index (χ4v) is 2.84. The molecular formula is C20H16Cl2N2O3. The Morgan fingerprint density at radius 3 is 2.63 bits per heavy atom. The number of fused-ring (bicyclic) bond motifs is 1. The molecule has 1 amide bonds. The summed E-state index contributed by atoms with van der Waals surface area (Å²) in [6, 6.07) is 15.6. The number of ether oxygens (including phenoxy) is 1. The molecule has 0 aliphatic heterocycles. The second-order valence-electron chi connectivity index (χ2n) is 5.93. The van der Waals surface area contributed by atoms with Crippen LogP contribution in [0.4, 0.5) is 0 Å². The summed E-state index contributed by atoms with van der Waals surface area (Å²) >= 11 is 11.9. The molecule has 3 rings (SSSR count). The van der Waals surface area contributed by atoms with E-state index in [2.05, 4.69) is 10.3 Å². The molecule has 7 heteroatoms. The molecule has 0 aliphatic rings. The van der Waals surface area contributed by atoms with Crippen molar-refractivity contribution >= 4 is 46.0 Å². The minimum absolute atomic E-state index is 0.152. The van der Waals surface area contributed by atoms with Gasteiger partial charge >= 0.3 is 5.97 Å². The number of pyridine rings is 1. The summed E-state index contributed by atoms with van der Waals surface area (Å²) in [5, 5.41) is 4.51. The van der Waals surface area contributed by atoms with Crippen molar-refractivity contribution in [2.45, 2.75) is 13.0 Å². The molecule has 0 bridgehead atoms. The monoisotopic (exact) mass is 402 g/mol. The Balaban J connectivity index is 1.57. The SMILES string of the molecule is C[C@H](NC(=O)COC(=O)c1ccc2ccccc2n1)c1ccc(Cl)c(Cl)c1. The fourth-order valence-electron chi connectivity index (χ4n) is 2.53. The molecule has 0 saturated heterocycles. The number of para-hydroxylation sites is 1. The van der Waals surface area contributed by atoms with Crippen molar-refractivity contribution in [3.05, 3.63) is 75.9 Å². The van der Waals surface area contributed by atoms with Gasteiger partial charge in [-0.2, -0.15) is 0 Å². The van der Waals surface area contributed by atoms with Crippen LogP contribution in [0.3, 0.4) is 0 Å². The first-order chi connectivity index (χ1) is 12.9. The smallest absolute Gasteiger partial charge is 0.357 e. The Morgan fingerprint density at radius 2 is 1.85 bits per heavy atom. The molecule has 1 N–H and O–H groups in total. The first-order valence-corrected chi connectivity index (χ1v) is 8.97. The molecule has 0 spiro atoms. The van der Waals surface area contributed by atoms with Crippen molar-refractivity contribution in [3.63, 3.8) is 0 Å². The van der Waals surface area contributed by atoms with Crippen molar-refractivity contribution in [2.24, 2.45) is 0 Å². The number of carbonyl (C=O) groups excluding carboxylic acids is 2. The van der Waals surface area contributed by atoms with E-state index in [0.717, 1.165) is 10.9 Å². The highest BCUT2D eigenvalue weighted by molar-refractivity contribution is 6.42. The lowest BCUT2D eigenvalue weighted by Crippen LogP contribution is -2.31. The number of carbonyl (C=O) groups is 2. The zero-order chi connectivity index (χ0) is 19.4. The van der Waals surface area contributed by atoms with Crippen molar-refractivity contribution in [1.29, 1.82) is 0 Å². The zero-order valence-electron chi connectivity index (χ0n) is 14.4. The van der Waals surface area contributed by atoms with Crippen LogP contribution in [0.25, 0.3) is 10.9 Å². The quantitative estimate of drug-likeness (QED) is 0.634. The van der Waals surface area contributed by atoms with Gasteiger partial charge in [-0.05, 0) is 36.8 Å². The lowest BCUT2D eigenvalue weighted by atomic mass is 10.1. The van der Waals surface area contributed by atoms with E-state index in [1.54, 1.807) is 43.3 Å². The molecular weight excluding hydrogens is 387 g/mol. The number of esters is 1. The second-order valence-corrected chi connectivity index (χ2v) is 6.74. The van der Waals surface area contributed by atoms with Crippen LogP contribution < -0.4 is 5.32 Å². The zero-order valence-corrected chi connectivity index (χ0v) is 15.9. The summed E-state index contributed by atoms with van der Waals surface area (Å²) in [4.78, 5) is 28.4. The van der Waals surface area contributed by atoms with Gasteiger partial charge in [0.1, 0.15) is 5.69 Å². The third-order valence-electron chi connectivity index (χ3n) is 3.96. The number of nitrogens with zero attached hydrogens (tertiary/aromatic N) is 1. The molecule has 0 aliphatic carbocycles. The van der Waals surface area contributed by atoms with Gasteiger partial charge in [-0.3, -0.25) is 4.79 Å². The molecule has 1 heterocycles. The Morgan fingerprint density at radius 1 is 1.07 bits per heavy atom. The highest BCUT2D eigenvalue weighted by Gasteiger charge is 2.15. The molecule has 0 fully saturated rings. The first-order valence-electron chi connectivity index (χ1n) is 8.21. The summed E-state index contributed by atoms with van der Waals surface area (Å²) in [7, 11) is 0. The lowest BCUT2D eigenvalue weighted by molar-refractivity contribution is -0.124. The fraction of sp³-hybridized carbons (Fsp3) is 0.150. The first kappa shape index (κ1) is 19.1. The van der Waals surface area contributed by atoms with Gasteiger partial charge in [0.15, 0.2) is 6.61 Å². The minimum atomic E-state index is -0.655. The number of amides is 1. The van der Waals surface area contributed by atoms with Crippen LogP contribution in [-0.4, -0.2) is 23.5 Å². The normalized spacial score (nSPS) is 11.8. The number of benzene rings is 2. The van der Waals surface area contributed by atoms with Crippen LogP contribution in [0.2, 0.25) is 10.0 Å². The summed E-state index contributed by atoms with van der Waals surface area (Å²) in [6.07, 6.45) is 0. The molecule has 0 saturated carbocycles. The predicted octanol–water partition coefficient (Wildman–Crippen LogP) is 4.58. The molecule has 0 radical (unpaired) electrons. The third kappa shape index (κ3) is 4.76.